The third kappa shape index (κ3) is 4.50. The summed E-state index contributed by atoms with van der Waals surface area (Å²) < 4.78 is 10.4. The zero-order valence-electron chi connectivity index (χ0n) is 15.3. The Bertz CT molecular complexity index is 776. The van der Waals surface area contributed by atoms with Crippen molar-refractivity contribution < 1.29 is 19.1 Å². The molecule has 0 spiro atoms. The summed E-state index contributed by atoms with van der Waals surface area (Å²) in [5, 5.41) is 5.48. The van der Waals surface area contributed by atoms with E-state index in [1.165, 1.54) is 14.2 Å². The van der Waals surface area contributed by atoms with E-state index in [1.807, 2.05) is 6.07 Å². The van der Waals surface area contributed by atoms with Crippen molar-refractivity contribution in [2.24, 2.45) is 5.41 Å². The Kier molecular flexibility index (Phi) is 6.16. The van der Waals surface area contributed by atoms with Crippen molar-refractivity contribution in [3.05, 3.63) is 48.3 Å². The van der Waals surface area contributed by atoms with E-state index in [1.54, 1.807) is 50.4 Å². The molecule has 1 aromatic heterocycles. The highest BCUT2D eigenvalue weighted by molar-refractivity contribution is 6.09. The number of carbonyl (C=O) groups excluding carboxylic acids is 2. The molecule has 1 aromatic carbocycles. The first-order chi connectivity index (χ1) is 12.4. The van der Waals surface area contributed by atoms with Crippen LogP contribution in [-0.2, 0) is 16.1 Å². The van der Waals surface area contributed by atoms with Crippen molar-refractivity contribution in [1.82, 2.24) is 10.3 Å². The molecule has 0 aliphatic heterocycles. The predicted octanol–water partition coefficient (Wildman–Crippen LogP) is 2.38. The van der Waals surface area contributed by atoms with Crippen LogP contribution < -0.4 is 20.1 Å². The van der Waals surface area contributed by atoms with Crippen LogP contribution in [0.25, 0.3) is 0 Å². The molecule has 138 valence electrons. The quantitative estimate of drug-likeness (QED) is 0.743. The smallest absolute Gasteiger partial charge is 0.239 e. The first kappa shape index (κ1) is 19.2. The molecule has 0 bridgehead atoms. The van der Waals surface area contributed by atoms with Gasteiger partial charge in [0.15, 0.2) is 11.5 Å². The number of nitrogens with zero attached hydrogens (tertiary/aromatic N) is 1. The van der Waals surface area contributed by atoms with Gasteiger partial charge in [0.05, 0.1) is 26.5 Å². The molecule has 2 amide bonds. The average Bonchev–Trinajstić information content (AvgIpc) is 2.66. The predicted molar refractivity (Wildman–Crippen MR) is 98.0 cm³/mol. The third-order valence-corrected chi connectivity index (χ3v) is 3.93. The van der Waals surface area contributed by atoms with Gasteiger partial charge in [-0.3, -0.25) is 14.6 Å². The molecule has 0 atom stereocenters. The second kappa shape index (κ2) is 8.33. The lowest BCUT2D eigenvalue weighted by atomic mass is 9.91. The number of amides is 2. The Balaban J connectivity index is 2.03. The van der Waals surface area contributed by atoms with Crippen molar-refractivity contribution >= 4 is 17.5 Å². The summed E-state index contributed by atoms with van der Waals surface area (Å²) in [6.07, 6.45) is 1.65. The molecular formula is C19H23N3O4. The van der Waals surface area contributed by atoms with Gasteiger partial charge in [0.25, 0.3) is 0 Å². The minimum Gasteiger partial charge on any atom is -0.493 e. The summed E-state index contributed by atoms with van der Waals surface area (Å²) in [7, 11) is 3.05. The Labute approximate surface area is 152 Å². The number of hydrogen-bond acceptors (Lipinski definition) is 5. The van der Waals surface area contributed by atoms with Crippen molar-refractivity contribution in [3.8, 4) is 11.5 Å². The number of benzene rings is 1. The van der Waals surface area contributed by atoms with Gasteiger partial charge in [0.2, 0.25) is 11.8 Å². The highest BCUT2D eigenvalue weighted by Gasteiger charge is 2.36. The maximum atomic E-state index is 12.6. The molecular weight excluding hydrogens is 334 g/mol. The number of aromatic nitrogens is 1. The molecule has 0 aliphatic rings. The van der Waals surface area contributed by atoms with E-state index >= 15 is 0 Å². The molecule has 7 heteroatoms. The molecule has 2 rings (SSSR count). The number of rotatable bonds is 7. The zero-order chi connectivity index (χ0) is 19.2. The van der Waals surface area contributed by atoms with Crippen LogP contribution in [0.4, 0.5) is 5.69 Å². The standard InChI is InChI=1S/C19H23N3O4/c1-19(2,17(23)21-12-14-7-5-6-10-20-14)18(24)22-13-8-9-15(25-3)16(11-13)26-4/h5-11H,12H2,1-4H3,(H,21,23)(H,22,24). The molecule has 0 saturated carbocycles. The van der Waals surface area contributed by atoms with Gasteiger partial charge in [-0.2, -0.15) is 0 Å². The minimum absolute atomic E-state index is 0.257. The van der Waals surface area contributed by atoms with Crippen molar-refractivity contribution in [1.29, 1.82) is 0 Å². The van der Waals surface area contributed by atoms with E-state index in [0.717, 1.165) is 5.69 Å². The fourth-order valence-corrected chi connectivity index (χ4v) is 2.20. The summed E-state index contributed by atoms with van der Waals surface area (Å²) >= 11 is 0. The molecule has 0 radical (unpaired) electrons. The summed E-state index contributed by atoms with van der Waals surface area (Å²) in [5.74, 6) is 0.227. The Hall–Kier alpha value is -3.09. The van der Waals surface area contributed by atoms with Crippen LogP contribution in [0.1, 0.15) is 19.5 Å². The second-order valence-electron chi connectivity index (χ2n) is 6.15. The number of carbonyl (C=O) groups is 2. The van der Waals surface area contributed by atoms with E-state index in [-0.39, 0.29) is 12.5 Å². The SMILES string of the molecule is COc1ccc(NC(=O)C(C)(C)C(=O)NCc2ccccn2)cc1OC. The van der Waals surface area contributed by atoms with Gasteiger partial charge >= 0.3 is 0 Å². The third-order valence-electron chi connectivity index (χ3n) is 3.93. The van der Waals surface area contributed by atoms with Crippen LogP contribution in [-0.4, -0.2) is 31.0 Å². The van der Waals surface area contributed by atoms with E-state index in [9.17, 15) is 9.59 Å². The first-order valence-corrected chi connectivity index (χ1v) is 8.10. The lowest BCUT2D eigenvalue weighted by Gasteiger charge is -2.23. The monoisotopic (exact) mass is 357 g/mol. The van der Waals surface area contributed by atoms with E-state index in [2.05, 4.69) is 15.6 Å². The summed E-state index contributed by atoms with van der Waals surface area (Å²) in [5.41, 5.74) is -0.0303. The Morgan fingerprint density at radius 2 is 1.77 bits per heavy atom. The maximum Gasteiger partial charge on any atom is 0.239 e. The molecule has 7 nitrogen and oxygen atoms in total. The van der Waals surface area contributed by atoms with Crippen LogP contribution in [0.2, 0.25) is 0 Å². The van der Waals surface area contributed by atoms with E-state index in [0.29, 0.717) is 17.2 Å². The van der Waals surface area contributed by atoms with Crippen molar-refractivity contribution in [2.45, 2.75) is 20.4 Å². The van der Waals surface area contributed by atoms with Gasteiger partial charge in [0, 0.05) is 18.0 Å². The van der Waals surface area contributed by atoms with Gasteiger partial charge in [-0.05, 0) is 38.1 Å². The van der Waals surface area contributed by atoms with E-state index < -0.39 is 11.3 Å². The van der Waals surface area contributed by atoms with Gasteiger partial charge in [-0.15, -0.1) is 0 Å². The summed E-state index contributed by atoms with van der Waals surface area (Å²) in [6.45, 7) is 3.39. The molecule has 1 heterocycles. The van der Waals surface area contributed by atoms with Gasteiger partial charge in [-0.1, -0.05) is 6.07 Å². The van der Waals surface area contributed by atoms with Crippen molar-refractivity contribution in [2.75, 3.05) is 19.5 Å². The average molecular weight is 357 g/mol. The van der Waals surface area contributed by atoms with Gasteiger partial charge in [-0.25, -0.2) is 0 Å². The number of hydrogen-bond donors (Lipinski definition) is 2. The molecule has 2 N–H and O–H groups in total. The molecule has 0 aliphatic carbocycles. The van der Waals surface area contributed by atoms with E-state index in [4.69, 9.17) is 9.47 Å². The number of anilines is 1. The number of pyridine rings is 1. The second-order valence-corrected chi connectivity index (χ2v) is 6.15. The minimum atomic E-state index is -1.26. The lowest BCUT2D eigenvalue weighted by Crippen LogP contribution is -2.44. The fraction of sp³-hybridized carbons (Fsp3) is 0.316. The highest BCUT2D eigenvalue weighted by Crippen LogP contribution is 2.30. The van der Waals surface area contributed by atoms with Crippen LogP contribution in [0.3, 0.4) is 0 Å². The summed E-state index contributed by atoms with van der Waals surface area (Å²) in [6, 6.07) is 10.4. The number of nitrogens with one attached hydrogen (secondary N) is 2. The Morgan fingerprint density at radius 1 is 1.04 bits per heavy atom. The summed E-state index contributed by atoms with van der Waals surface area (Å²) in [4.78, 5) is 29.2. The number of methoxy groups -OCH3 is 2. The van der Waals surface area contributed by atoms with Crippen LogP contribution in [0, 0.1) is 5.41 Å². The normalized spacial score (nSPS) is 10.8. The Morgan fingerprint density at radius 3 is 2.38 bits per heavy atom. The first-order valence-electron chi connectivity index (χ1n) is 8.10. The lowest BCUT2D eigenvalue weighted by molar-refractivity contribution is -0.138. The fourth-order valence-electron chi connectivity index (χ4n) is 2.20. The molecule has 2 aromatic rings. The molecule has 0 fully saturated rings. The van der Waals surface area contributed by atoms with Gasteiger partial charge in [0.1, 0.15) is 5.41 Å². The molecule has 0 unspecified atom stereocenters. The topological polar surface area (TPSA) is 89.5 Å². The van der Waals surface area contributed by atoms with Crippen LogP contribution >= 0.6 is 0 Å². The highest BCUT2D eigenvalue weighted by atomic mass is 16.5. The van der Waals surface area contributed by atoms with Crippen LogP contribution in [0.15, 0.2) is 42.6 Å². The van der Waals surface area contributed by atoms with Crippen LogP contribution in [0.5, 0.6) is 11.5 Å². The van der Waals surface area contributed by atoms with Gasteiger partial charge < -0.3 is 20.1 Å². The van der Waals surface area contributed by atoms with Crippen molar-refractivity contribution in [3.63, 3.8) is 0 Å². The largest absolute Gasteiger partial charge is 0.493 e. The maximum absolute atomic E-state index is 12.6. The number of ether oxygens (including phenoxy) is 2. The molecule has 26 heavy (non-hydrogen) atoms. The zero-order valence-corrected chi connectivity index (χ0v) is 15.3. The molecule has 0 saturated heterocycles.